The standard InChI is InChI=1S/C15H11NO2/c17-15-14(8-11-4-3-7-16-9-11)13-6-2-1-5-12(13)10-18-15/h1-9H,10H2/b14-8+. The summed E-state index contributed by atoms with van der Waals surface area (Å²) in [6.07, 6.45) is 5.24. The Morgan fingerprint density at radius 2 is 2.06 bits per heavy atom. The lowest BCUT2D eigenvalue weighted by Gasteiger charge is -2.18. The molecule has 2 heterocycles. The highest BCUT2D eigenvalue weighted by Crippen LogP contribution is 2.28. The first-order chi connectivity index (χ1) is 8.84. The van der Waals surface area contributed by atoms with Gasteiger partial charge in [0.2, 0.25) is 0 Å². The highest BCUT2D eigenvalue weighted by molar-refractivity contribution is 6.22. The van der Waals surface area contributed by atoms with Crippen LogP contribution in [-0.2, 0) is 16.1 Å². The number of hydrogen-bond acceptors (Lipinski definition) is 3. The van der Waals surface area contributed by atoms with Gasteiger partial charge in [-0.05, 0) is 28.8 Å². The molecule has 1 aromatic heterocycles. The van der Waals surface area contributed by atoms with Crippen LogP contribution in [0.4, 0.5) is 0 Å². The zero-order chi connectivity index (χ0) is 12.4. The minimum Gasteiger partial charge on any atom is -0.457 e. The van der Waals surface area contributed by atoms with Crippen LogP contribution in [0.15, 0.2) is 48.8 Å². The van der Waals surface area contributed by atoms with Crippen molar-refractivity contribution in [3.05, 3.63) is 65.5 Å². The van der Waals surface area contributed by atoms with E-state index in [2.05, 4.69) is 4.98 Å². The predicted molar refractivity (Wildman–Crippen MR) is 68.3 cm³/mol. The van der Waals surface area contributed by atoms with Gasteiger partial charge in [0, 0.05) is 12.4 Å². The second kappa shape index (κ2) is 4.45. The van der Waals surface area contributed by atoms with E-state index >= 15 is 0 Å². The number of cyclic esters (lactones) is 1. The van der Waals surface area contributed by atoms with Crippen molar-refractivity contribution in [2.45, 2.75) is 6.61 Å². The fourth-order valence-corrected chi connectivity index (χ4v) is 2.00. The van der Waals surface area contributed by atoms with Crippen LogP contribution in [0.3, 0.4) is 0 Å². The van der Waals surface area contributed by atoms with Crippen molar-refractivity contribution in [3.63, 3.8) is 0 Å². The normalized spacial score (nSPS) is 16.2. The second-order valence-corrected chi connectivity index (χ2v) is 4.08. The van der Waals surface area contributed by atoms with Gasteiger partial charge in [0.05, 0.1) is 5.57 Å². The highest BCUT2D eigenvalue weighted by atomic mass is 16.5. The molecular formula is C15H11NO2. The average molecular weight is 237 g/mol. The third-order valence-corrected chi connectivity index (χ3v) is 2.88. The van der Waals surface area contributed by atoms with Crippen molar-refractivity contribution < 1.29 is 9.53 Å². The maximum absolute atomic E-state index is 11.9. The van der Waals surface area contributed by atoms with Gasteiger partial charge >= 0.3 is 5.97 Å². The van der Waals surface area contributed by atoms with E-state index in [1.165, 1.54) is 0 Å². The number of nitrogens with zero attached hydrogens (tertiary/aromatic N) is 1. The Morgan fingerprint density at radius 1 is 1.17 bits per heavy atom. The maximum atomic E-state index is 11.9. The van der Waals surface area contributed by atoms with Gasteiger partial charge < -0.3 is 4.74 Å². The molecule has 3 rings (SSSR count). The van der Waals surface area contributed by atoms with Gasteiger partial charge in [-0.25, -0.2) is 4.79 Å². The number of rotatable bonds is 1. The molecule has 0 atom stereocenters. The minimum atomic E-state index is -0.280. The first-order valence-corrected chi connectivity index (χ1v) is 5.72. The summed E-state index contributed by atoms with van der Waals surface area (Å²) in [4.78, 5) is 15.9. The van der Waals surface area contributed by atoms with Crippen LogP contribution in [-0.4, -0.2) is 11.0 Å². The molecule has 2 aromatic rings. The van der Waals surface area contributed by atoms with Crippen LogP contribution in [0.5, 0.6) is 0 Å². The summed E-state index contributed by atoms with van der Waals surface area (Å²) in [7, 11) is 0. The van der Waals surface area contributed by atoms with Crippen LogP contribution < -0.4 is 0 Å². The number of carbonyl (C=O) groups excluding carboxylic acids is 1. The molecule has 0 N–H and O–H groups in total. The Balaban J connectivity index is 2.11. The van der Waals surface area contributed by atoms with Crippen LogP contribution in [0.1, 0.15) is 16.7 Å². The molecule has 0 bridgehead atoms. The molecule has 1 aromatic carbocycles. The monoisotopic (exact) mass is 237 g/mol. The van der Waals surface area contributed by atoms with Crippen LogP contribution >= 0.6 is 0 Å². The number of hydrogen-bond donors (Lipinski definition) is 0. The van der Waals surface area contributed by atoms with Gasteiger partial charge in [-0.2, -0.15) is 0 Å². The van der Waals surface area contributed by atoms with E-state index in [-0.39, 0.29) is 5.97 Å². The summed E-state index contributed by atoms with van der Waals surface area (Å²) >= 11 is 0. The molecule has 1 aliphatic heterocycles. The molecule has 0 saturated carbocycles. The number of fused-ring (bicyclic) bond motifs is 1. The molecule has 3 nitrogen and oxygen atoms in total. The number of ether oxygens (including phenoxy) is 1. The summed E-state index contributed by atoms with van der Waals surface area (Å²) in [5, 5.41) is 0. The summed E-state index contributed by atoms with van der Waals surface area (Å²) < 4.78 is 5.16. The van der Waals surface area contributed by atoms with Crippen LogP contribution in [0.25, 0.3) is 11.6 Å². The van der Waals surface area contributed by atoms with E-state index in [0.717, 1.165) is 16.7 Å². The molecule has 0 aliphatic carbocycles. The van der Waals surface area contributed by atoms with Gasteiger partial charge in [0.1, 0.15) is 6.61 Å². The van der Waals surface area contributed by atoms with Crippen molar-refractivity contribution in [3.8, 4) is 0 Å². The lowest BCUT2D eigenvalue weighted by Crippen LogP contribution is -2.15. The lowest BCUT2D eigenvalue weighted by molar-refractivity contribution is -0.138. The summed E-state index contributed by atoms with van der Waals surface area (Å²) in [6, 6.07) is 11.5. The number of pyridine rings is 1. The average Bonchev–Trinajstić information content (AvgIpc) is 2.43. The Kier molecular flexibility index (Phi) is 2.65. The summed E-state index contributed by atoms with van der Waals surface area (Å²) in [6.45, 7) is 0.347. The molecule has 1 aliphatic rings. The van der Waals surface area contributed by atoms with E-state index in [9.17, 15) is 4.79 Å². The molecule has 18 heavy (non-hydrogen) atoms. The molecule has 88 valence electrons. The molecule has 0 amide bonds. The molecule has 0 spiro atoms. The SMILES string of the molecule is O=C1OCc2ccccc2/C1=C\c1cccnc1. The summed E-state index contributed by atoms with van der Waals surface area (Å²) in [5.74, 6) is -0.280. The molecule has 0 radical (unpaired) electrons. The highest BCUT2D eigenvalue weighted by Gasteiger charge is 2.22. The molecular weight excluding hydrogens is 226 g/mol. The fraction of sp³-hybridized carbons (Fsp3) is 0.0667. The number of esters is 1. The maximum Gasteiger partial charge on any atom is 0.339 e. The van der Waals surface area contributed by atoms with Gasteiger partial charge in [-0.15, -0.1) is 0 Å². The van der Waals surface area contributed by atoms with Gasteiger partial charge in [0.25, 0.3) is 0 Å². The van der Waals surface area contributed by atoms with Gasteiger partial charge in [0.15, 0.2) is 0 Å². The van der Waals surface area contributed by atoms with Gasteiger partial charge in [-0.3, -0.25) is 4.98 Å². The second-order valence-electron chi connectivity index (χ2n) is 4.08. The molecule has 0 saturated heterocycles. The number of aromatic nitrogens is 1. The Bertz CT molecular complexity index is 617. The van der Waals surface area contributed by atoms with Crippen molar-refractivity contribution >= 4 is 17.6 Å². The van der Waals surface area contributed by atoms with E-state index < -0.39 is 0 Å². The number of carbonyl (C=O) groups is 1. The van der Waals surface area contributed by atoms with E-state index in [1.54, 1.807) is 12.4 Å². The fourth-order valence-electron chi connectivity index (χ4n) is 2.00. The van der Waals surface area contributed by atoms with Crippen molar-refractivity contribution in [2.75, 3.05) is 0 Å². The smallest absolute Gasteiger partial charge is 0.339 e. The van der Waals surface area contributed by atoms with Crippen LogP contribution in [0.2, 0.25) is 0 Å². The quantitative estimate of drug-likeness (QED) is 0.565. The first-order valence-electron chi connectivity index (χ1n) is 5.72. The van der Waals surface area contributed by atoms with E-state index in [0.29, 0.717) is 12.2 Å². The van der Waals surface area contributed by atoms with Crippen molar-refractivity contribution in [2.24, 2.45) is 0 Å². The first kappa shape index (κ1) is 10.7. The predicted octanol–water partition coefficient (Wildman–Crippen LogP) is 2.68. The molecule has 0 unspecified atom stereocenters. The Labute approximate surface area is 105 Å². The number of benzene rings is 1. The minimum absolute atomic E-state index is 0.280. The van der Waals surface area contributed by atoms with E-state index in [1.807, 2.05) is 42.5 Å². The molecule has 3 heteroatoms. The van der Waals surface area contributed by atoms with Gasteiger partial charge in [-0.1, -0.05) is 30.3 Å². The van der Waals surface area contributed by atoms with Crippen molar-refractivity contribution in [1.29, 1.82) is 0 Å². The van der Waals surface area contributed by atoms with Crippen LogP contribution in [0, 0.1) is 0 Å². The van der Waals surface area contributed by atoms with E-state index in [4.69, 9.17) is 4.74 Å². The zero-order valence-corrected chi connectivity index (χ0v) is 9.67. The molecule has 0 fully saturated rings. The topological polar surface area (TPSA) is 39.2 Å². The largest absolute Gasteiger partial charge is 0.457 e. The third-order valence-electron chi connectivity index (χ3n) is 2.88. The third kappa shape index (κ3) is 1.91. The Hall–Kier alpha value is -2.42. The lowest BCUT2D eigenvalue weighted by atomic mass is 9.96. The van der Waals surface area contributed by atoms with Crippen molar-refractivity contribution in [1.82, 2.24) is 4.98 Å². The Morgan fingerprint density at radius 3 is 2.89 bits per heavy atom. The zero-order valence-electron chi connectivity index (χ0n) is 9.67. The summed E-state index contributed by atoms with van der Waals surface area (Å²) in [5.41, 5.74) is 3.45.